The summed E-state index contributed by atoms with van der Waals surface area (Å²) in [6.45, 7) is 2.10. The Morgan fingerprint density at radius 2 is 2.14 bits per heavy atom. The van der Waals surface area contributed by atoms with E-state index in [4.69, 9.17) is 10.2 Å². The van der Waals surface area contributed by atoms with Gasteiger partial charge in [-0.3, -0.25) is 9.59 Å². The van der Waals surface area contributed by atoms with Crippen molar-refractivity contribution < 1.29 is 19.8 Å². The van der Waals surface area contributed by atoms with Crippen molar-refractivity contribution in [1.82, 2.24) is 4.90 Å². The molecule has 1 saturated heterocycles. The van der Waals surface area contributed by atoms with Gasteiger partial charge in [0.2, 0.25) is 5.91 Å². The first kappa shape index (κ1) is 11.0. The lowest BCUT2D eigenvalue weighted by atomic mass is 9.87. The van der Waals surface area contributed by atoms with Crippen molar-refractivity contribution in [3.8, 4) is 0 Å². The minimum atomic E-state index is -0.868. The summed E-state index contributed by atoms with van der Waals surface area (Å²) in [4.78, 5) is 23.4. The second kappa shape index (κ2) is 4.41. The fourth-order valence-electron chi connectivity index (χ4n) is 1.72. The summed E-state index contributed by atoms with van der Waals surface area (Å²) in [5.41, 5.74) is 0. The molecule has 2 unspecified atom stereocenters. The lowest BCUT2D eigenvalue weighted by molar-refractivity contribution is -0.148. The van der Waals surface area contributed by atoms with Gasteiger partial charge in [-0.25, -0.2) is 0 Å². The smallest absolute Gasteiger partial charge is 0.308 e. The van der Waals surface area contributed by atoms with E-state index >= 15 is 0 Å². The molecule has 1 rings (SSSR count). The van der Waals surface area contributed by atoms with Crippen molar-refractivity contribution in [2.24, 2.45) is 11.8 Å². The van der Waals surface area contributed by atoms with Crippen molar-refractivity contribution in [3.63, 3.8) is 0 Å². The average molecular weight is 201 g/mol. The molecule has 2 N–H and O–H groups in total. The van der Waals surface area contributed by atoms with E-state index < -0.39 is 18.5 Å². The Hall–Kier alpha value is -1.10. The average Bonchev–Trinajstić information content (AvgIpc) is 2.17. The van der Waals surface area contributed by atoms with E-state index in [-0.39, 0.29) is 18.4 Å². The van der Waals surface area contributed by atoms with Crippen molar-refractivity contribution in [2.45, 2.75) is 13.3 Å². The highest BCUT2D eigenvalue weighted by molar-refractivity contribution is 5.78. The molecular formula is C9H15NO4. The lowest BCUT2D eigenvalue weighted by Gasteiger charge is -2.34. The summed E-state index contributed by atoms with van der Waals surface area (Å²) >= 11 is 0. The number of hydrogen-bond acceptors (Lipinski definition) is 3. The van der Waals surface area contributed by atoms with Crippen molar-refractivity contribution in [1.29, 1.82) is 0 Å². The summed E-state index contributed by atoms with van der Waals surface area (Å²) in [6.07, 6.45) is 0.683. The molecule has 0 aliphatic carbocycles. The molecule has 5 nitrogen and oxygen atoms in total. The molecule has 1 aliphatic rings. The number of aliphatic hydroxyl groups is 1. The molecule has 5 heteroatoms. The Balaban J connectivity index is 2.62. The van der Waals surface area contributed by atoms with Crippen molar-refractivity contribution in [2.75, 3.05) is 19.7 Å². The zero-order valence-corrected chi connectivity index (χ0v) is 8.14. The molecule has 0 spiro atoms. The van der Waals surface area contributed by atoms with E-state index in [0.717, 1.165) is 0 Å². The van der Waals surface area contributed by atoms with Crippen LogP contribution in [0, 0.1) is 11.8 Å². The van der Waals surface area contributed by atoms with E-state index in [2.05, 4.69) is 0 Å². The SMILES string of the molecule is CC1CCN(C(=O)CO)CC1C(=O)O. The number of piperidine rings is 1. The second-order valence-electron chi connectivity index (χ2n) is 3.71. The Labute approximate surface area is 82.3 Å². The maximum atomic E-state index is 11.1. The van der Waals surface area contributed by atoms with E-state index in [1.807, 2.05) is 6.92 Å². The van der Waals surface area contributed by atoms with Gasteiger partial charge in [-0.15, -0.1) is 0 Å². The van der Waals surface area contributed by atoms with Crippen LogP contribution in [0.15, 0.2) is 0 Å². The van der Waals surface area contributed by atoms with Gasteiger partial charge < -0.3 is 15.1 Å². The maximum Gasteiger partial charge on any atom is 0.308 e. The third kappa shape index (κ3) is 2.23. The first-order valence-electron chi connectivity index (χ1n) is 4.67. The normalized spacial score (nSPS) is 27.4. The first-order valence-corrected chi connectivity index (χ1v) is 4.67. The number of nitrogens with zero attached hydrogens (tertiary/aromatic N) is 1. The molecule has 0 bridgehead atoms. The number of rotatable bonds is 2. The topological polar surface area (TPSA) is 77.8 Å². The van der Waals surface area contributed by atoms with Crippen LogP contribution in [0.4, 0.5) is 0 Å². The monoisotopic (exact) mass is 201 g/mol. The fraction of sp³-hybridized carbons (Fsp3) is 0.778. The number of carboxylic acids is 1. The largest absolute Gasteiger partial charge is 0.481 e. The van der Waals surface area contributed by atoms with Crippen molar-refractivity contribution >= 4 is 11.9 Å². The van der Waals surface area contributed by atoms with Crippen LogP contribution < -0.4 is 0 Å². The maximum absolute atomic E-state index is 11.1. The molecule has 0 saturated carbocycles. The number of amides is 1. The van der Waals surface area contributed by atoms with E-state index in [0.29, 0.717) is 13.0 Å². The van der Waals surface area contributed by atoms with E-state index in [1.54, 1.807) is 0 Å². The van der Waals surface area contributed by atoms with Crippen LogP contribution in [0.2, 0.25) is 0 Å². The highest BCUT2D eigenvalue weighted by atomic mass is 16.4. The molecule has 1 amide bonds. The molecular weight excluding hydrogens is 186 g/mol. The van der Waals surface area contributed by atoms with Crippen LogP contribution in [-0.4, -0.2) is 46.7 Å². The Bertz CT molecular complexity index is 241. The van der Waals surface area contributed by atoms with Crippen molar-refractivity contribution in [3.05, 3.63) is 0 Å². The summed E-state index contributed by atoms with van der Waals surface area (Å²) < 4.78 is 0. The predicted octanol–water partition coefficient (Wildman–Crippen LogP) is -0.452. The summed E-state index contributed by atoms with van der Waals surface area (Å²) in [5, 5.41) is 17.5. The number of aliphatic hydroxyl groups excluding tert-OH is 1. The molecule has 0 aromatic rings. The third-order valence-corrected chi connectivity index (χ3v) is 2.76. The Morgan fingerprint density at radius 3 is 2.64 bits per heavy atom. The first-order chi connectivity index (χ1) is 6.56. The molecule has 1 aliphatic heterocycles. The van der Waals surface area contributed by atoms with Gasteiger partial charge in [0.25, 0.3) is 0 Å². The van der Waals surface area contributed by atoms with Gasteiger partial charge in [0.1, 0.15) is 6.61 Å². The third-order valence-electron chi connectivity index (χ3n) is 2.76. The number of carbonyl (C=O) groups excluding carboxylic acids is 1. The lowest BCUT2D eigenvalue weighted by Crippen LogP contribution is -2.46. The highest BCUT2D eigenvalue weighted by Crippen LogP contribution is 2.23. The van der Waals surface area contributed by atoms with Crippen LogP contribution in [0.25, 0.3) is 0 Å². The summed E-state index contributed by atoms with van der Waals surface area (Å²) in [7, 11) is 0. The number of aliphatic carboxylic acids is 1. The molecule has 0 aromatic heterocycles. The van der Waals surface area contributed by atoms with Crippen LogP contribution in [0.1, 0.15) is 13.3 Å². The highest BCUT2D eigenvalue weighted by Gasteiger charge is 2.32. The van der Waals surface area contributed by atoms with E-state index in [1.165, 1.54) is 4.90 Å². The van der Waals surface area contributed by atoms with Gasteiger partial charge in [-0.05, 0) is 12.3 Å². The summed E-state index contributed by atoms with van der Waals surface area (Å²) in [6, 6.07) is 0. The molecule has 2 atom stereocenters. The molecule has 0 radical (unpaired) electrons. The standard InChI is InChI=1S/C9H15NO4/c1-6-2-3-10(8(12)5-11)4-7(6)9(13)14/h6-7,11H,2-5H2,1H3,(H,13,14). The van der Waals surface area contributed by atoms with Crippen LogP contribution in [0.3, 0.4) is 0 Å². The van der Waals surface area contributed by atoms with E-state index in [9.17, 15) is 9.59 Å². The fourth-order valence-corrected chi connectivity index (χ4v) is 1.72. The van der Waals surface area contributed by atoms with Gasteiger partial charge in [-0.1, -0.05) is 6.92 Å². The van der Waals surface area contributed by atoms with Gasteiger partial charge >= 0.3 is 5.97 Å². The number of likely N-dealkylation sites (tertiary alicyclic amines) is 1. The molecule has 1 fully saturated rings. The number of hydrogen-bond donors (Lipinski definition) is 2. The van der Waals surface area contributed by atoms with Gasteiger partial charge in [-0.2, -0.15) is 0 Å². The molecule has 1 heterocycles. The quantitative estimate of drug-likeness (QED) is 0.634. The second-order valence-corrected chi connectivity index (χ2v) is 3.71. The van der Waals surface area contributed by atoms with Gasteiger partial charge in [0.05, 0.1) is 5.92 Å². The Kier molecular flexibility index (Phi) is 3.46. The Morgan fingerprint density at radius 1 is 1.50 bits per heavy atom. The molecule has 0 aromatic carbocycles. The minimum Gasteiger partial charge on any atom is -0.481 e. The van der Waals surface area contributed by atoms with Crippen LogP contribution >= 0.6 is 0 Å². The minimum absolute atomic E-state index is 0.0928. The van der Waals surface area contributed by atoms with Crippen LogP contribution in [0.5, 0.6) is 0 Å². The van der Waals surface area contributed by atoms with Crippen LogP contribution in [-0.2, 0) is 9.59 Å². The summed E-state index contributed by atoms with van der Waals surface area (Å²) in [5.74, 6) is -1.66. The zero-order valence-electron chi connectivity index (χ0n) is 8.14. The molecule has 14 heavy (non-hydrogen) atoms. The number of carbonyl (C=O) groups is 2. The predicted molar refractivity (Wildman–Crippen MR) is 48.6 cm³/mol. The molecule has 80 valence electrons. The van der Waals surface area contributed by atoms with Gasteiger partial charge in [0, 0.05) is 13.1 Å². The zero-order chi connectivity index (χ0) is 10.7. The van der Waals surface area contributed by atoms with Gasteiger partial charge in [0.15, 0.2) is 0 Å². The number of carboxylic acid groups (broad SMARTS) is 1.